The van der Waals surface area contributed by atoms with Crippen LogP contribution in [0.25, 0.3) is 0 Å². The van der Waals surface area contributed by atoms with Crippen molar-refractivity contribution in [3.8, 4) is 5.75 Å². The summed E-state index contributed by atoms with van der Waals surface area (Å²) in [5, 5.41) is 10.9. The minimum absolute atomic E-state index is 0.0144. The van der Waals surface area contributed by atoms with Crippen molar-refractivity contribution in [2.24, 2.45) is 0 Å². The quantitative estimate of drug-likeness (QED) is 0.593. The molecule has 1 unspecified atom stereocenters. The summed E-state index contributed by atoms with van der Waals surface area (Å²) in [4.78, 5) is 30.3. The molecule has 0 spiro atoms. The summed E-state index contributed by atoms with van der Waals surface area (Å²) < 4.78 is 5.47. The molecule has 8 heteroatoms. The molecule has 1 aromatic heterocycles. The Balaban J connectivity index is 1.99. The molecule has 22 heavy (non-hydrogen) atoms. The summed E-state index contributed by atoms with van der Waals surface area (Å²) in [5.41, 5.74) is 0. The van der Waals surface area contributed by atoms with E-state index in [1.165, 1.54) is 12.3 Å². The first-order valence-electron chi connectivity index (χ1n) is 7.30. The van der Waals surface area contributed by atoms with Crippen molar-refractivity contribution in [2.45, 2.75) is 20.0 Å². The largest absolute Gasteiger partial charge is 0.473 e. The number of nitrogens with zero attached hydrogens (tertiary/aromatic N) is 4. The van der Waals surface area contributed by atoms with Crippen LogP contribution in [-0.4, -0.2) is 64.4 Å². The van der Waals surface area contributed by atoms with Gasteiger partial charge in [0.2, 0.25) is 5.75 Å². The third-order valence-corrected chi connectivity index (χ3v) is 3.71. The fraction of sp³-hybridized carbons (Fsp3) is 0.571. The maximum Gasteiger partial charge on any atom is 0.406 e. The predicted molar refractivity (Wildman–Crippen MR) is 79.7 cm³/mol. The van der Waals surface area contributed by atoms with Crippen molar-refractivity contribution in [3.05, 3.63) is 28.4 Å². The molecule has 1 atom stereocenters. The Hall–Kier alpha value is -2.22. The lowest BCUT2D eigenvalue weighted by Gasteiger charge is -2.35. The number of rotatable bonds is 5. The number of likely N-dealkylation sites (N-methyl/N-ethyl adjacent to an activating group) is 1. The second-order valence-corrected chi connectivity index (χ2v) is 5.10. The highest BCUT2D eigenvalue weighted by Crippen LogP contribution is 2.24. The molecule has 1 aromatic rings. The van der Waals surface area contributed by atoms with Crippen LogP contribution in [0.15, 0.2) is 18.3 Å². The lowest BCUT2D eigenvalue weighted by atomic mass is 10.2. The second kappa shape index (κ2) is 7.17. The molecule has 120 valence electrons. The minimum Gasteiger partial charge on any atom is -0.473 e. The van der Waals surface area contributed by atoms with Gasteiger partial charge in [0.25, 0.3) is 5.91 Å². The zero-order chi connectivity index (χ0) is 16.1. The third-order valence-electron chi connectivity index (χ3n) is 3.71. The van der Waals surface area contributed by atoms with Gasteiger partial charge in [0.1, 0.15) is 6.20 Å². The van der Waals surface area contributed by atoms with Gasteiger partial charge >= 0.3 is 5.82 Å². The van der Waals surface area contributed by atoms with Crippen LogP contribution < -0.4 is 4.74 Å². The first-order valence-corrected chi connectivity index (χ1v) is 7.30. The maximum atomic E-state index is 12.4. The molecule has 0 N–H and O–H groups in total. The Morgan fingerprint density at radius 2 is 2.14 bits per heavy atom. The van der Waals surface area contributed by atoms with E-state index in [0.29, 0.717) is 13.1 Å². The molecule has 1 saturated heterocycles. The average Bonchev–Trinajstić information content (AvgIpc) is 2.54. The number of piperazine rings is 1. The van der Waals surface area contributed by atoms with Gasteiger partial charge in [-0.15, -0.1) is 0 Å². The van der Waals surface area contributed by atoms with Gasteiger partial charge < -0.3 is 24.7 Å². The zero-order valence-electron chi connectivity index (χ0n) is 12.8. The van der Waals surface area contributed by atoms with Crippen molar-refractivity contribution >= 4 is 11.7 Å². The van der Waals surface area contributed by atoms with Crippen LogP contribution in [0.4, 0.5) is 5.82 Å². The van der Waals surface area contributed by atoms with Gasteiger partial charge in [-0.1, -0.05) is 6.92 Å². The first-order chi connectivity index (χ1) is 10.5. The number of pyridine rings is 1. The molecular weight excluding hydrogens is 288 g/mol. The molecule has 0 saturated carbocycles. The van der Waals surface area contributed by atoms with Crippen molar-refractivity contribution < 1.29 is 14.5 Å². The molecule has 0 aromatic carbocycles. The number of hydrogen-bond donors (Lipinski definition) is 0. The van der Waals surface area contributed by atoms with E-state index in [-0.39, 0.29) is 17.5 Å². The van der Waals surface area contributed by atoms with Gasteiger partial charge in [-0.05, 0) is 35.5 Å². The monoisotopic (exact) mass is 308 g/mol. The molecular formula is C14H20N4O4. The number of ether oxygens (including phenoxy) is 1. The Kier molecular flexibility index (Phi) is 5.26. The fourth-order valence-electron chi connectivity index (χ4n) is 2.39. The fourth-order valence-corrected chi connectivity index (χ4v) is 2.39. The van der Waals surface area contributed by atoms with Crippen molar-refractivity contribution in [1.82, 2.24) is 14.8 Å². The molecule has 2 rings (SSSR count). The molecule has 1 amide bonds. The van der Waals surface area contributed by atoms with E-state index in [0.717, 1.165) is 19.6 Å². The Bertz CT molecular complexity index is 543. The summed E-state index contributed by atoms with van der Waals surface area (Å²) in [6.07, 6.45) is 0.539. The highest BCUT2D eigenvalue weighted by Gasteiger charge is 2.27. The standard InChI is InChI=1S/C14H20N4O4/c1-3-16-7-9-17(10-8-16)14(19)11(2)22-12-5-4-6-15-13(12)18(20)21/h4-6,11H,3,7-10H2,1-2H3. The highest BCUT2D eigenvalue weighted by atomic mass is 16.6. The smallest absolute Gasteiger partial charge is 0.406 e. The third kappa shape index (κ3) is 3.70. The van der Waals surface area contributed by atoms with Gasteiger partial charge in [-0.25, -0.2) is 0 Å². The predicted octanol–water partition coefficient (Wildman–Crippen LogP) is 0.921. The van der Waals surface area contributed by atoms with E-state index >= 15 is 0 Å². The number of carbonyl (C=O) groups is 1. The van der Waals surface area contributed by atoms with Crippen LogP contribution in [0.1, 0.15) is 13.8 Å². The van der Waals surface area contributed by atoms with E-state index in [2.05, 4.69) is 16.8 Å². The number of carbonyl (C=O) groups excluding carboxylic acids is 1. The van der Waals surface area contributed by atoms with Crippen molar-refractivity contribution in [2.75, 3.05) is 32.7 Å². The Labute approximate surface area is 128 Å². The molecule has 0 bridgehead atoms. The zero-order valence-corrected chi connectivity index (χ0v) is 12.8. The van der Waals surface area contributed by atoms with Crippen molar-refractivity contribution in [3.63, 3.8) is 0 Å². The first kappa shape index (κ1) is 16.2. The average molecular weight is 308 g/mol. The number of hydrogen-bond acceptors (Lipinski definition) is 6. The number of amides is 1. The molecule has 0 radical (unpaired) electrons. The van der Waals surface area contributed by atoms with Crippen LogP contribution >= 0.6 is 0 Å². The highest BCUT2D eigenvalue weighted by molar-refractivity contribution is 5.81. The SMILES string of the molecule is CCN1CCN(C(=O)C(C)Oc2cccnc2[N+](=O)[O-])CC1. The van der Waals surface area contributed by atoms with Crippen LogP contribution in [0.5, 0.6) is 5.75 Å². The molecule has 1 fully saturated rings. The van der Waals surface area contributed by atoms with Crippen LogP contribution in [-0.2, 0) is 4.79 Å². The summed E-state index contributed by atoms with van der Waals surface area (Å²) in [5.74, 6) is -0.521. The second-order valence-electron chi connectivity index (χ2n) is 5.10. The molecule has 1 aliphatic heterocycles. The number of aromatic nitrogens is 1. The van der Waals surface area contributed by atoms with E-state index in [1.54, 1.807) is 17.9 Å². The van der Waals surface area contributed by atoms with Gasteiger partial charge in [-0.2, -0.15) is 0 Å². The molecule has 0 aliphatic carbocycles. The van der Waals surface area contributed by atoms with Gasteiger partial charge in [-0.3, -0.25) is 4.79 Å². The summed E-state index contributed by atoms with van der Waals surface area (Å²) in [7, 11) is 0. The van der Waals surface area contributed by atoms with E-state index < -0.39 is 11.0 Å². The summed E-state index contributed by atoms with van der Waals surface area (Å²) in [6.45, 7) is 7.63. The molecule has 1 aliphatic rings. The normalized spacial score (nSPS) is 17.1. The summed E-state index contributed by atoms with van der Waals surface area (Å²) >= 11 is 0. The van der Waals surface area contributed by atoms with Gasteiger partial charge in [0.15, 0.2) is 6.10 Å². The number of nitro groups is 1. The minimum atomic E-state index is -0.781. The van der Waals surface area contributed by atoms with E-state index in [4.69, 9.17) is 4.74 Å². The van der Waals surface area contributed by atoms with Gasteiger partial charge in [0, 0.05) is 26.2 Å². The lowest BCUT2D eigenvalue weighted by molar-refractivity contribution is -0.390. The topological polar surface area (TPSA) is 88.8 Å². The molecule has 8 nitrogen and oxygen atoms in total. The van der Waals surface area contributed by atoms with E-state index in [9.17, 15) is 14.9 Å². The lowest BCUT2D eigenvalue weighted by Crippen LogP contribution is -2.51. The van der Waals surface area contributed by atoms with Crippen LogP contribution in [0, 0.1) is 10.1 Å². The van der Waals surface area contributed by atoms with Crippen LogP contribution in [0.3, 0.4) is 0 Å². The van der Waals surface area contributed by atoms with Crippen LogP contribution in [0.2, 0.25) is 0 Å². The summed E-state index contributed by atoms with van der Waals surface area (Å²) in [6, 6.07) is 2.99. The molecule has 2 heterocycles. The Morgan fingerprint density at radius 3 is 2.73 bits per heavy atom. The van der Waals surface area contributed by atoms with E-state index in [1.807, 2.05) is 0 Å². The van der Waals surface area contributed by atoms with Gasteiger partial charge in [0.05, 0.1) is 0 Å². The van der Waals surface area contributed by atoms with Crippen molar-refractivity contribution in [1.29, 1.82) is 0 Å². The maximum absolute atomic E-state index is 12.4. The Morgan fingerprint density at radius 1 is 1.45 bits per heavy atom.